The second-order valence-corrected chi connectivity index (χ2v) is 13.2. The predicted octanol–water partition coefficient (Wildman–Crippen LogP) is 4.64. The second-order valence-electron chi connectivity index (χ2n) is 13.2. The van der Waals surface area contributed by atoms with Gasteiger partial charge < -0.3 is 50.2 Å². The minimum absolute atomic E-state index is 0. The zero-order valence-corrected chi connectivity index (χ0v) is 31.7. The van der Waals surface area contributed by atoms with E-state index in [0.717, 1.165) is 65.6 Å². The van der Waals surface area contributed by atoms with Gasteiger partial charge in [-0.25, -0.2) is 9.78 Å². The molecule has 2 aromatic carbocycles. The average molecular weight is 812 g/mol. The van der Waals surface area contributed by atoms with Crippen LogP contribution in [-0.4, -0.2) is 90.6 Å². The third kappa shape index (κ3) is 8.18. The number of aryl methyl sites for hydroxylation is 1. The van der Waals surface area contributed by atoms with Gasteiger partial charge in [0.2, 0.25) is 18.1 Å². The van der Waals surface area contributed by atoms with Crippen LogP contribution >= 0.6 is 12.4 Å². The first-order valence-corrected chi connectivity index (χ1v) is 17.7. The van der Waals surface area contributed by atoms with E-state index in [1.54, 1.807) is 32.4 Å². The normalized spacial score (nSPS) is 18.8. The Morgan fingerprint density at radius 2 is 1.89 bits per heavy atom. The van der Waals surface area contributed by atoms with E-state index < -0.39 is 36.7 Å². The monoisotopic (exact) mass is 811 g/mol. The number of hydrogen-bond donors (Lipinski definition) is 6. The molecule has 4 aromatic heterocycles. The highest BCUT2D eigenvalue weighted by Gasteiger charge is 2.59. The number of rotatable bonds is 9. The van der Waals surface area contributed by atoms with Crippen molar-refractivity contribution in [3.63, 3.8) is 0 Å². The average Bonchev–Trinajstić information content (AvgIpc) is 3.98. The third-order valence-corrected chi connectivity index (χ3v) is 9.49. The molecule has 0 spiro atoms. The van der Waals surface area contributed by atoms with Crippen LogP contribution in [0, 0.1) is 6.92 Å². The lowest BCUT2D eigenvalue weighted by Gasteiger charge is -2.20. The molecule has 3 unspecified atom stereocenters. The summed E-state index contributed by atoms with van der Waals surface area (Å²) < 4.78 is 50.5. The molecule has 8 rings (SSSR count). The zero-order chi connectivity index (χ0) is 39.7. The van der Waals surface area contributed by atoms with Crippen molar-refractivity contribution in [2.24, 2.45) is 0 Å². The first-order chi connectivity index (χ1) is 26.9. The molecule has 7 N–H and O–H groups in total. The lowest BCUT2D eigenvalue weighted by Crippen LogP contribution is -2.41. The number of nitrogen functional groups attached to an aromatic ring is 1. The molecule has 2 fully saturated rings. The number of aliphatic hydroxyl groups excluding tert-OH is 2. The van der Waals surface area contributed by atoms with Crippen LogP contribution in [0.4, 0.5) is 26.2 Å². The first-order valence-electron chi connectivity index (χ1n) is 17.7. The van der Waals surface area contributed by atoms with Crippen LogP contribution in [0.2, 0.25) is 0 Å². The lowest BCUT2D eigenvalue weighted by atomic mass is 10.1. The van der Waals surface area contributed by atoms with Crippen LogP contribution in [0.3, 0.4) is 0 Å². The van der Waals surface area contributed by atoms with Crippen molar-refractivity contribution in [2.75, 3.05) is 31.8 Å². The number of methoxy groups -OCH3 is 1. The van der Waals surface area contributed by atoms with Crippen LogP contribution in [0.5, 0.6) is 11.6 Å². The summed E-state index contributed by atoms with van der Waals surface area (Å²) >= 11 is 0. The maximum Gasteiger partial charge on any atom is 0.351 e. The number of hydrogen-bond acceptors (Lipinski definition) is 14. The number of fused-ring (bicyclic) bond motifs is 2. The highest BCUT2D eigenvalue weighted by atomic mass is 35.5. The molecule has 5 heterocycles. The van der Waals surface area contributed by atoms with Gasteiger partial charge in [0.05, 0.1) is 24.8 Å². The summed E-state index contributed by atoms with van der Waals surface area (Å²) in [5.74, 6) is -2.04. The van der Waals surface area contributed by atoms with Crippen molar-refractivity contribution >= 4 is 57.9 Å². The molecule has 57 heavy (non-hydrogen) atoms. The van der Waals surface area contributed by atoms with Crippen LogP contribution in [0.1, 0.15) is 48.2 Å². The quantitative estimate of drug-likeness (QED) is 0.117. The molecule has 2 aliphatic rings. The van der Waals surface area contributed by atoms with Crippen molar-refractivity contribution in [3.05, 3.63) is 76.8 Å². The number of benzene rings is 2. The minimum atomic E-state index is -3.71. The number of alkyl halides is 2. The van der Waals surface area contributed by atoms with E-state index in [1.165, 1.54) is 0 Å². The van der Waals surface area contributed by atoms with Crippen molar-refractivity contribution in [1.29, 1.82) is 0 Å². The summed E-state index contributed by atoms with van der Waals surface area (Å²) in [6.45, 7) is 1.05. The van der Waals surface area contributed by atoms with Gasteiger partial charge in [-0.2, -0.15) is 23.7 Å². The van der Waals surface area contributed by atoms with Gasteiger partial charge in [0, 0.05) is 37.5 Å². The van der Waals surface area contributed by atoms with Crippen molar-refractivity contribution in [3.8, 4) is 22.8 Å². The SMILES string of the molecule is CNC(=O)c1ccc(Nc2nc(OC3CCCC3)c3c(-c4ccc5nc(C)oc5c4)c[nH]c3n2)c(OC)c1.Cl.Nc1ccn(C2OC(CO)C(O)C2(F)F)c(=O)n1. The van der Waals surface area contributed by atoms with E-state index in [4.69, 9.17) is 39.4 Å². The lowest BCUT2D eigenvalue weighted by molar-refractivity contribution is -0.140. The number of nitrogens with two attached hydrogens (primary N) is 1. The van der Waals surface area contributed by atoms with E-state index in [-0.39, 0.29) is 30.2 Å². The summed E-state index contributed by atoms with van der Waals surface area (Å²) in [5, 5.41) is 24.8. The van der Waals surface area contributed by atoms with Crippen molar-refractivity contribution in [2.45, 2.75) is 63.1 Å². The Bertz CT molecular complexity index is 2450. The molecule has 1 saturated carbocycles. The molecule has 1 aliphatic carbocycles. The number of H-pyrrole nitrogens is 1. The zero-order valence-electron chi connectivity index (χ0n) is 30.9. The maximum absolute atomic E-state index is 13.7. The Morgan fingerprint density at radius 1 is 1.12 bits per heavy atom. The minimum Gasteiger partial charge on any atom is -0.495 e. The van der Waals surface area contributed by atoms with Crippen LogP contribution in [-0.2, 0) is 4.74 Å². The van der Waals surface area contributed by atoms with Gasteiger partial charge in [0.1, 0.15) is 34.9 Å². The number of ether oxygens (including phenoxy) is 3. The van der Waals surface area contributed by atoms with Crippen LogP contribution < -0.4 is 31.5 Å². The van der Waals surface area contributed by atoms with E-state index >= 15 is 0 Å². The summed E-state index contributed by atoms with van der Waals surface area (Å²) in [4.78, 5) is 44.0. The molecular weight excluding hydrogens is 772 g/mol. The summed E-state index contributed by atoms with van der Waals surface area (Å²) in [6.07, 6.45) is 1.59. The van der Waals surface area contributed by atoms with E-state index in [0.29, 0.717) is 44.9 Å². The Hall–Kier alpha value is -5.89. The largest absolute Gasteiger partial charge is 0.495 e. The summed E-state index contributed by atoms with van der Waals surface area (Å²) in [6, 6.07) is 12.2. The van der Waals surface area contributed by atoms with E-state index in [9.17, 15) is 23.5 Å². The first kappa shape index (κ1) is 40.8. The molecule has 20 heteroatoms. The fraction of sp³-hybridized carbons (Fsp3) is 0.351. The number of oxazole rings is 1. The number of carbonyl (C=O) groups excluding carboxylic acids is 1. The number of halogens is 3. The molecule has 6 aromatic rings. The number of aromatic amines is 1. The van der Waals surface area contributed by atoms with Gasteiger partial charge in [-0.15, -0.1) is 12.4 Å². The molecule has 1 amide bonds. The number of anilines is 3. The number of amides is 1. The Balaban J connectivity index is 0.000000244. The molecule has 1 aliphatic heterocycles. The number of nitrogens with zero attached hydrogens (tertiary/aromatic N) is 5. The topological polar surface area (TPSA) is 238 Å². The Morgan fingerprint density at radius 3 is 2.58 bits per heavy atom. The smallest absolute Gasteiger partial charge is 0.351 e. The van der Waals surface area contributed by atoms with Crippen molar-refractivity contribution < 1.29 is 42.4 Å². The second kappa shape index (κ2) is 16.7. The molecular formula is C37H40ClF2N9O8. The van der Waals surface area contributed by atoms with Gasteiger partial charge in [-0.05, 0) is 67.6 Å². The fourth-order valence-electron chi connectivity index (χ4n) is 6.66. The van der Waals surface area contributed by atoms with Gasteiger partial charge in [-0.1, -0.05) is 6.07 Å². The number of aromatic nitrogens is 6. The molecule has 0 radical (unpaired) electrons. The molecule has 1 saturated heterocycles. The standard InChI is InChI=1S/C28H28N6O4.C9H11F2N3O4.ClH/c1-15-31-21-10-8-16(12-23(21)37-15)19-14-30-25-24(19)27(38-18-6-4-5-7-18)34-28(33-25)32-20-11-9-17(26(35)29-2)13-22(20)36-3;10-9(11)6(16)4(3-15)18-7(9)14-2-1-5(12)13-8(14)17;/h8-14,18H,4-7H2,1-3H3,(H,29,35)(H2,30,32,33,34);1-2,4,6-7,15-16H,3H2,(H2,12,13,17);1H. The maximum atomic E-state index is 13.7. The highest BCUT2D eigenvalue weighted by molar-refractivity contribution is 5.99. The van der Waals surface area contributed by atoms with Gasteiger partial charge in [0.15, 0.2) is 17.6 Å². The molecule has 0 bridgehead atoms. The Labute approximate surface area is 329 Å². The van der Waals surface area contributed by atoms with Gasteiger partial charge in [0.25, 0.3) is 5.91 Å². The van der Waals surface area contributed by atoms with Crippen LogP contribution in [0.15, 0.2) is 64.1 Å². The van der Waals surface area contributed by atoms with Gasteiger partial charge in [-0.3, -0.25) is 9.36 Å². The predicted molar refractivity (Wildman–Crippen MR) is 206 cm³/mol. The van der Waals surface area contributed by atoms with Crippen LogP contribution in [0.25, 0.3) is 33.3 Å². The molecule has 302 valence electrons. The summed E-state index contributed by atoms with van der Waals surface area (Å²) in [5.41, 5.74) is 9.37. The highest BCUT2D eigenvalue weighted by Crippen LogP contribution is 2.42. The number of nitrogens with one attached hydrogen (secondary N) is 3. The van der Waals surface area contributed by atoms with Gasteiger partial charge >= 0.3 is 11.6 Å². The third-order valence-electron chi connectivity index (χ3n) is 9.49. The number of carbonyl (C=O) groups is 1. The molecule has 17 nitrogen and oxygen atoms in total. The Kier molecular flexibility index (Phi) is 11.9. The number of aliphatic hydroxyl groups is 2. The van der Waals surface area contributed by atoms with E-state index in [2.05, 4.69) is 25.6 Å². The fourth-order valence-corrected chi connectivity index (χ4v) is 6.66. The van der Waals surface area contributed by atoms with E-state index in [1.807, 2.05) is 31.3 Å². The molecule has 3 atom stereocenters. The van der Waals surface area contributed by atoms with Crippen molar-refractivity contribution in [1.82, 2.24) is 34.8 Å². The summed E-state index contributed by atoms with van der Waals surface area (Å²) in [7, 11) is 3.14.